The molecule has 19 heteroatoms. The quantitative estimate of drug-likeness (QED) is 0.0222. The maximum absolute atomic E-state index is 13.1. The van der Waals surface area contributed by atoms with Gasteiger partial charge in [0.15, 0.2) is 12.2 Å². The fourth-order valence-corrected chi connectivity index (χ4v) is 14.8. The molecule has 0 aliphatic rings. The molecule has 104 heavy (non-hydrogen) atoms. The van der Waals surface area contributed by atoms with Crippen LogP contribution in [0.4, 0.5) is 0 Å². The molecule has 0 bridgehead atoms. The van der Waals surface area contributed by atoms with Gasteiger partial charge in [-0.3, -0.25) is 37.3 Å². The number of esters is 4. The third kappa shape index (κ3) is 78.2. The first-order chi connectivity index (χ1) is 50.4. The summed E-state index contributed by atoms with van der Waals surface area (Å²) in [6, 6.07) is 0. The molecule has 0 amide bonds. The zero-order valence-electron chi connectivity index (χ0n) is 68.3. The molecule has 0 aliphatic carbocycles. The van der Waals surface area contributed by atoms with Crippen molar-refractivity contribution < 1.29 is 80.2 Å². The summed E-state index contributed by atoms with van der Waals surface area (Å²) in [5, 5.41) is 10.7. The molecule has 5 atom stereocenters. The fourth-order valence-electron chi connectivity index (χ4n) is 13.2. The lowest BCUT2D eigenvalue weighted by atomic mass is 10.0. The number of ether oxygens (including phenoxy) is 4. The van der Waals surface area contributed by atoms with E-state index in [2.05, 4.69) is 41.5 Å². The summed E-state index contributed by atoms with van der Waals surface area (Å²) in [7, 11) is -9.92. The van der Waals surface area contributed by atoms with E-state index in [0.717, 1.165) is 102 Å². The standard InChI is InChI=1S/C85H166O17P2/c1-7-9-11-13-15-17-19-21-22-23-24-25-26-27-28-33-36-40-44-52-58-64-70-85(90)101-80(73-95-82(87)67-61-55-49-42-39-35-32-30-29-31-34-37-41-47-53-59-65-77(3)4)75-99-103(91,92)97-71-79(86)72-98-104(93,94)100-76-81(74-96-83(88)68-62-56-50-46-45-48-54-60-66-78(5)6)102-84(89)69-63-57-51-43-38-20-18-16-14-12-10-8-2/h77-81,86H,7-76H2,1-6H3,(H,91,92)(H,93,94)/t79-,80-,81-/m1/s1. The van der Waals surface area contributed by atoms with Crippen LogP contribution in [0.3, 0.4) is 0 Å². The largest absolute Gasteiger partial charge is 0.472 e. The van der Waals surface area contributed by atoms with Crippen LogP contribution >= 0.6 is 15.6 Å². The van der Waals surface area contributed by atoms with E-state index >= 15 is 0 Å². The van der Waals surface area contributed by atoms with Crippen molar-refractivity contribution in [2.75, 3.05) is 39.6 Å². The minimum atomic E-state index is -4.97. The van der Waals surface area contributed by atoms with E-state index in [4.69, 9.17) is 37.0 Å². The molecule has 0 aliphatic heterocycles. The Morgan fingerprint density at radius 1 is 0.260 bits per heavy atom. The first-order valence-corrected chi connectivity index (χ1v) is 47.0. The van der Waals surface area contributed by atoms with Crippen LogP contribution in [0.15, 0.2) is 0 Å². The fraction of sp³-hybridized carbons (Fsp3) is 0.953. The minimum Gasteiger partial charge on any atom is -0.462 e. The van der Waals surface area contributed by atoms with Gasteiger partial charge in [0.1, 0.15) is 19.3 Å². The average Bonchev–Trinajstić information content (AvgIpc) is 0.909. The molecule has 0 fully saturated rings. The van der Waals surface area contributed by atoms with Crippen molar-refractivity contribution in [2.24, 2.45) is 11.8 Å². The highest BCUT2D eigenvalue weighted by atomic mass is 31.2. The summed E-state index contributed by atoms with van der Waals surface area (Å²) < 4.78 is 68.8. The highest BCUT2D eigenvalue weighted by Gasteiger charge is 2.30. The lowest BCUT2D eigenvalue weighted by Gasteiger charge is -2.21. The number of hydrogen-bond donors (Lipinski definition) is 3. The van der Waals surface area contributed by atoms with Crippen molar-refractivity contribution >= 4 is 39.5 Å². The zero-order valence-corrected chi connectivity index (χ0v) is 70.1. The third-order valence-corrected chi connectivity index (χ3v) is 21.9. The van der Waals surface area contributed by atoms with E-state index in [1.807, 2.05) is 0 Å². The maximum Gasteiger partial charge on any atom is 0.472 e. The Kier molecular flexibility index (Phi) is 75.0. The summed E-state index contributed by atoms with van der Waals surface area (Å²) in [6.07, 6.45) is 68.2. The van der Waals surface area contributed by atoms with Crippen molar-refractivity contribution in [3.8, 4) is 0 Å². The number of carbonyl (C=O) groups is 4. The van der Waals surface area contributed by atoms with Crippen molar-refractivity contribution in [1.29, 1.82) is 0 Å². The molecule has 2 unspecified atom stereocenters. The second-order valence-corrected chi connectivity index (χ2v) is 34.4. The minimum absolute atomic E-state index is 0.107. The lowest BCUT2D eigenvalue weighted by Crippen LogP contribution is -2.30. The highest BCUT2D eigenvalue weighted by Crippen LogP contribution is 2.45. The predicted octanol–water partition coefficient (Wildman–Crippen LogP) is 25.8. The van der Waals surface area contributed by atoms with Crippen LogP contribution in [0.25, 0.3) is 0 Å². The zero-order chi connectivity index (χ0) is 76.4. The number of aliphatic hydroxyl groups is 1. The van der Waals surface area contributed by atoms with Crippen LogP contribution < -0.4 is 0 Å². The molecule has 0 heterocycles. The highest BCUT2D eigenvalue weighted by molar-refractivity contribution is 7.47. The van der Waals surface area contributed by atoms with Crippen LogP contribution in [0.1, 0.15) is 452 Å². The molecule has 0 radical (unpaired) electrons. The maximum atomic E-state index is 13.1. The van der Waals surface area contributed by atoms with E-state index in [1.165, 1.54) is 270 Å². The smallest absolute Gasteiger partial charge is 0.462 e. The second kappa shape index (κ2) is 76.4. The number of rotatable bonds is 84. The Balaban J connectivity index is 5.21. The van der Waals surface area contributed by atoms with Crippen molar-refractivity contribution in [3.63, 3.8) is 0 Å². The van der Waals surface area contributed by atoms with Crippen LogP contribution in [-0.2, 0) is 65.4 Å². The molecule has 0 rings (SSSR count). The Morgan fingerprint density at radius 2 is 0.442 bits per heavy atom. The van der Waals surface area contributed by atoms with E-state index in [-0.39, 0.29) is 25.7 Å². The van der Waals surface area contributed by atoms with Gasteiger partial charge < -0.3 is 33.8 Å². The van der Waals surface area contributed by atoms with E-state index in [0.29, 0.717) is 25.7 Å². The van der Waals surface area contributed by atoms with Gasteiger partial charge in [0.25, 0.3) is 0 Å². The summed E-state index contributed by atoms with van der Waals surface area (Å²) in [4.78, 5) is 73.1. The van der Waals surface area contributed by atoms with Crippen LogP contribution in [-0.4, -0.2) is 96.7 Å². The Hall–Kier alpha value is -1.94. The second-order valence-electron chi connectivity index (χ2n) is 31.5. The van der Waals surface area contributed by atoms with Crippen LogP contribution in [0.2, 0.25) is 0 Å². The van der Waals surface area contributed by atoms with E-state index < -0.39 is 97.5 Å². The number of hydrogen-bond acceptors (Lipinski definition) is 15. The van der Waals surface area contributed by atoms with Gasteiger partial charge >= 0.3 is 39.5 Å². The number of phosphoric acid groups is 2. The molecule has 3 N–H and O–H groups in total. The SMILES string of the molecule is CCCCCCCCCCCCCCCCCCCCCCCCC(=O)O[C@H](COC(=O)CCCCCCCCCCCCCCCCCCC(C)C)COP(=O)(O)OC[C@@H](O)COP(=O)(O)OC[C@@H](COC(=O)CCCCCCCCCCC(C)C)OC(=O)CCCCCCCCCCCCCC. The molecule has 0 spiro atoms. The van der Waals surface area contributed by atoms with Gasteiger partial charge in [0.2, 0.25) is 0 Å². The van der Waals surface area contributed by atoms with Gasteiger partial charge in [0.05, 0.1) is 26.4 Å². The lowest BCUT2D eigenvalue weighted by molar-refractivity contribution is -0.161. The van der Waals surface area contributed by atoms with E-state index in [1.54, 1.807) is 0 Å². The molecule has 0 aromatic heterocycles. The average molecular weight is 1520 g/mol. The Bertz CT molecular complexity index is 1990. The number of phosphoric ester groups is 2. The Labute approximate surface area is 638 Å². The van der Waals surface area contributed by atoms with Crippen molar-refractivity contribution in [2.45, 2.75) is 471 Å². The molecule has 0 aromatic rings. The molecule has 17 nitrogen and oxygen atoms in total. The summed E-state index contributed by atoms with van der Waals surface area (Å²) in [5.74, 6) is -0.566. The summed E-state index contributed by atoms with van der Waals surface area (Å²) in [5.41, 5.74) is 0. The molecule has 0 saturated carbocycles. The molecular weight excluding hydrogens is 1350 g/mol. The number of carbonyl (C=O) groups excluding carboxylic acids is 4. The summed E-state index contributed by atoms with van der Waals surface area (Å²) in [6.45, 7) is 9.65. The first kappa shape index (κ1) is 102. The van der Waals surface area contributed by atoms with Crippen LogP contribution in [0.5, 0.6) is 0 Å². The third-order valence-electron chi connectivity index (χ3n) is 20.0. The van der Waals surface area contributed by atoms with Crippen LogP contribution in [0, 0.1) is 11.8 Å². The monoisotopic (exact) mass is 1520 g/mol. The van der Waals surface area contributed by atoms with Gasteiger partial charge in [-0.1, -0.05) is 401 Å². The predicted molar refractivity (Wildman–Crippen MR) is 428 cm³/mol. The van der Waals surface area contributed by atoms with E-state index in [9.17, 15) is 43.2 Å². The van der Waals surface area contributed by atoms with Gasteiger partial charge in [0, 0.05) is 25.7 Å². The first-order valence-electron chi connectivity index (χ1n) is 44.0. The molecule has 0 aromatic carbocycles. The normalized spacial score (nSPS) is 13.8. The Morgan fingerprint density at radius 3 is 0.654 bits per heavy atom. The van der Waals surface area contributed by atoms with Gasteiger partial charge in [-0.25, -0.2) is 9.13 Å². The van der Waals surface area contributed by atoms with Crippen molar-refractivity contribution in [3.05, 3.63) is 0 Å². The van der Waals surface area contributed by atoms with Gasteiger partial charge in [-0.2, -0.15) is 0 Å². The number of aliphatic hydroxyl groups excluding tert-OH is 1. The van der Waals surface area contributed by atoms with Gasteiger partial charge in [-0.15, -0.1) is 0 Å². The topological polar surface area (TPSA) is 237 Å². The molecular formula is C85H166O17P2. The number of unbranched alkanes of at least 4 members (excludes halogenated alkanes) is 54. The molecule has 618 valence electrons. The molecule has 0 saturated heterocycles. The van der Waals surface area contributed by atoms with Crippen molar-refractivity contribution in [1.82, 2.24) is 0 Å². The summed E-state index contributed by atoms with van der Waals surface area (Å²) >= 11 is 0. The van der Waals surface area contributed by atoms with Gasteiger partial charge in [-0.05, 0) is 37.5 Å².